The largest absolute Gasteiger partial charge is 0.392 e. The Kier molecular flexibility index (Phi) is 6.43. The molecule has 0 radical (unpaired) electrons. The van der Waals surface area contributed by atoms with Crippen LogP contribution in [0, 0.1) is 5.92 Å². The molecule has 6 rings (SSSR count). The summed E-state index contributed by atoms with van der Waals surface area (Å²) in [5, 5.41) is 12.1. The van der Waals surface area contributed by atoms with Gasteiger partial charge in [-0.05, 0) is 78.0 Å². The summed E-state index contributed by atoms with van der Waals surface area (Å²) in [6, 6.07) is 15.4. The highest BCUT2D eigenvalue weighted by Gasteiger charge is 2.31. The predicted molar refractivity (Wildman–Crippen MR) is 154 cm³/mol. The van der Waals surface area contributed by atoms with Gasteiger partial charge < -0.3 is 20.3 Å². The molecule has 4 aromatic rings. The number of nitrogens with two attached hydrogens (primary N) is 1. The van der Waals surface area contributed by atoms with Crippen molar-refractivity contribution in [1.82, 2.24) is 14.0 Å². The van der Waals surface area contributed by atoms with Crippen molar-refractivity contribution in [2.75, 3.05) is 13.1 Å². The van der Waals surface area contributed by atoms with Gasteiger partial charge in [0, 0.05) is 48.5 Å². The molecule has 0 bridgehead atoms. The highest BCUT2D eigenvalue weighted by Crippen LogP contribution is 2.41. The first-order valence-electron chi connectivity index (χ1n) is 13.6. The molecule has 8 heteroatoms. The van der Waals surface area contributed by atoms with Crippen molar-refractivity contribution in [2.24, 2.45) is 18.7 Å². The lowest BCUT2D eigenvalue weighted by atomic mass is 9.92. The van der Waals surface area contributed by atoms with Crippen LogP contribution in [0.3, 0.4) is 0 Å². The first-order valence-corrected chi connectivity index (χ1v) is 13.6. The molecule has 3 N–H and O–H groups in total. The Balaban J connectivity index is 1.50. The predicted octanol–water partition coefficient (Wildman–Crippen LogP) is 3.65. The van der Waals surface area contributed by atoms with Crippen molar-refractivity contribution in [2.45, 2.75) is 31.8 Å². The van der Waals surface area contributed by atoms with Crippen molar-refractivity contribution in [3.8, 4) is 16.8 Å². The van der Waals surface area contributed by atoms with Crippen molar-refractivity contribution < 1.29 is 14.7 Å². The maximum atomic E-state index is 14.2. The standard InChI is InChI=1S/C32H32N4O4/c1-3-30(38)35-15-19(16-35)11-24-13-22-12-21(20-7-8-20)9-10-26(22)32(40)36(24)28-6-4-5-25(27(28)18-37)23-14-29(31(33)39)34(2)17-23/h3-6,9-10,12-14,17,19-20,37H,1,7-8,11,15-16,18H2,2H3,(H2,33,39). The Labute approximate surface area is 231 Å². The van der Waals surface area contributed by atoms with Gasteiger partial charge in [-0.2, -0.15) is 0 Å². The number of benzene rings is 2. The molecule has 2 aromatic heterocycles. The SMILES string of the molecule is C=CC(=O)N1CC(Cc2cc3cc(C4CC4)ccc3c(=O)n2-c2cccc(-c3cc(C(N)=O)n(C)c3)c2CO)C1. The number of aliphatic hydroxyl groups is 1. The Morgan fingerprint density at radius 2 is 1.90 bits per heavy atom. The maximum absolute atomic E-state index is 14.2. The number of hydrogen-bond donors (Lipinski definition) is 2. The van der Waals surface area contributed by atoms with E-state index in [2.05, 4.69) is 24.8 Å². The molecule has 1 saturated heterocycles. The van der Waals surface area contributed by atoms with E-state index in [4.69, 9.17) is 5.73 Å². The number of carbonyl (C=O) groups is 2. The van der Waals surface area contributed by atoms with Crippen molar-refractivity contribution in [3.05, 3.63) is 100 Å². The van der Waals surface area contributed by atoms with E-state index < -0.39 is 5.91 Å². The number of amides is 2. The second-order valence-corrected chi connectivity index (χ2v) is 11.0. The van der Waals surface area contributed by atoms with Crippen LogP contribution in [0.5, 0.6) is 0 Å². The normalized spacial score (nSPS) is 15.3. The zero-order valence-electron chi connectivity index (χ0n) is 22.5. The number of aliphatic hydroxyl groups excluding tert-OH is 1. The molecule has 40 heavy (non-hydrogen) atoms. The number of likely N-dealkylation sites (tertiary alicyclic amines) is 1. The molecular formula is C32H32N4O4. The number of rotatable bonds is 8. The van der Waals surface area contributed by atoms with Gasteiger partial charge in [0.05, 0.1) is 12.3 Å². The fourth-order valence-electron chi connectivity index (χ4n) is 5.96. The number of primary amides is 1. The van der Waals surface area contributed by atoms with Gasteiger partial charge in [0.15, 0.2) is 0 Å². The van der Waals surface area contributed by atoms with Gasteiger partial charge >= 0.3 is 0 Å². The number of pyridine rings is 1. The van der Waals surface area contributed by atoms with Crippen LogP contribution in [0.25, 0.3) is 27.6 Å². The summed E-state index contributed by atoms with van der Waals surface area (Å²) in [4.78, 5) is 39.8. The number of nitrogens with zero attached hydrogens (tertiary/aromatic N) is 3. The van der Waals surface area contributed by atoms with E-state index in [0.29, 0.717) is 47.8 Å². The summed E-state index contributed by atoms with van der Waals surface area (Å²) >= 11 is 0. The highest BCUT2D eigenvalue weighted by atomic mass is 16.3. The lowest BCUT2D eigenvalue weighted by Gasteiger charge is -2.39. The monoisotopic (exact) mass is 536 g/mol. The maximum Gasteiger partial charge on any atom is 0.265 e. The quantitative estimate of drug-likeness (QED) is 0.335. The van der Waals surface area contributed by atoms with E-state index in [1.54, 1.807) is 33.3 Å². The molecule has 2 amide bonds. The average molecular weight is 537 g/mol. The molecule has 0 spiro atoms. The first-order chi connectivity index (χ1) is 19.3. The van der Waals surface area contributed by atoms with E-state index in [-0.39, 0.29) is 24.0 Å². The Bertz CT molecular complexity index is 1740. The number of aromatic nitrogens is 2. The summed E-state index contributed by atoms with van der Waals surface area (Å²) in [6.45, 7) is 4.48. The third-order valence-electron chi connectivity index (χ3n) is 8.23. The summed E-state index contributed by atoms with van der Waals surface area (Å²) < 4.78 is 3.37. The van der Waals surface area contributed by atoms with Crippen molar-refractivity contribution in [3.63, 3.8) is 0 Å². The molecule has 8 nitrogen and oxygen atoms in total. The Morgan fingerprint density at radius 3 is 2.55 bits per heavy atom. The van der Waals surface area contributed by atoms with E-state index in [9.17, 15) is 19.5 Å². The fraction of sp³-hybridized carbons (Fsp3) is 0.281. The van der Waals surface area contributed by atoms with Crippen LogP contribution in [-0.4, -0.2) is 44.0 Å². The van der Waals surface area contributed by atoms with Crippen LogP contribution in [0.15, 0.2) is 72.2 Å². The summed E-state index contributed by atoms with van der Waals surface area (Å²) in [5.41, 5.74) is 10.5. The molecule has 1 aliphatic carbocycles. The second-order valence-electron chi connectivity index (χ2n) is 11.0. The van der Waals surface area contributed by atoms with Gasteiger partial charge in [0.25, 0.3) is 11.5 Å². The van der Waals surface area contributed by atoms with Crippen LogP contribution in [0.1, 0.15) is 46.1 Å². The average Bonchev–Trinajstić information content (AvgIpc) is 3.70. The summed E-state index contributed by atoms with van der Waals surface area (Å²) in [7, 11) is 1.74. The zero-order valence-corrected chi connectivity index (χ0v) is 22.5. The third-order valence-corrected chi connectivity index (χ3v) is 8.23. The van der Waals surface area contributed by atoms with Crippen LogP contribution < -0.4 is 11.3 Å². The molecular weight excluding hydrogens is 504 g/mol. The zero-order chi connectivity index (χ0) is 28.1. The Morgan fingerprint density at radius 1 is 1.12 bits per heavy atom. The van der Waals surface area contributed by atoms with Crippen LogP contribution in [0.4, 0.5) is 0 Å². The van der Waals surface area contributed by atoms with Crippen molar-refractivity contribution >= 4 is 22.6 Å². The molecule has 3 heterocycles. The van der Waals surface area contributed by atoms with Gasteiger partial charge in [-0.25, -0.2) is 0 Å². The van der Waals surface area contributed by atoms with Gasteiger partial charge in [0.1, 0.15) is 5.69 Å². The molecule has 0 unspecified atom stereocenters. The minimum Gasteiger partial charge on any atom is -0.392 e. The first kappa shape index (κ1) is 25.8. The molecule has 0 atom stereocenters. The van der Waals surface area contributed by atoms with E-state index >= 15 is 0 Å². The molecule has 2 aromatic carbocycles. The van der Waals surface area contributed by atoms with Crippen LogP contribution in [-0.2, 0) is 24.9 Å². The van der Waals surface area contributed by atoms with Crippen molar-refractivity contribution in [1.29, 1.82) is 0 Å². The molecule has 1 aliphatic heterocycles. The molecule has 1 saturated carbocycles. The lowest BCUT2D eigenvalue weighted by molar-refractivity contribution is -0.132. The van der Waals surface area contributed by atoms with Crippen LogP contribution in [0.2, 0.25) is 0 Å². The second kappa shape index (κ2) is 9.95. The van der Waals surface area contributed by atoms with E-state index in [1.165, 1.54) is 24.5 Å². The third kappa shape index (κ3) is 4.44. The minimum absolute atomic E-state index is 0.0883. The number of aryl methyl sites for hydroxylation is 1. The topological polar surface area (TPSA) is 111 Å². The Hall–Kier alpha value is -4.43. The summed E-state index contributed by atoms with van der Waals surface area (Å²) in [6.07, 6.45) is 6.07. The highest BCUT2D eigenvalue weighted by molar-refractivity contribution is 5.93. The smallest absolute Gasteiger partial charge is 0.265 e. The number of fused-ring (bicyclic) bond motifs is 1. The molecule has 2 aliphatic rings. The molecule has 2 fully saturated rings. The number of carbonyl (C=O) groups excluding carboxylic acids is 2. The van der Waals surface area contributed by atoms with Crippen LogP contribution >= 0.6 is 0 Å². The van der Waals surface area contributed by atoms with E-state index in [1.807, 2.05) is 24.3 Å². The lowest BCUT2D eigenvalue weighted by Crippen LogP contribution is -2.50. The van der Waals surface area contributed by atoms with E-state index in [0.717, 1.165) is 22.2 Å². The van der Waals surface area contributed by atoms with Gasteiger partial charge in [-0.3, -0.25) is 19.0 Å². The van der Waals surface area contributed by atoms with Gasteiger partial charge in [-0.15, -0.1) is 0 Å². The minimum atomic E-state index is -0.543. The number of hydrogen-bond acceptors (Lipinski definition) is 4. The van der Waals surface area contributed by atoms with Gasteiger partial charge in [0.2, 0.25) is 5.91 Å². The summed E-state index contributed by atoms with van der Waals surface area (Å²) in [5.74, 6) is 0.133. The van der Waals surface area contributed by atoms with Gasteiger partial charge in [-0.1, -0.05) is 30.8 Å². The molecule has 204 valence electrons. The fourth-order valence-corrected chi connectivity index (χ4v) is 5.96.